The summed E-state index contributed by atoms with van der Waals surface area (Å²) in [6.07, 6.45) is -3.68. The molecular weight excluding hydrogens is 661 g/mol. The molecule has 3 N–H and O–H groups in total. The number of fused-ring (bicyclic) bond motifs is 2. The van der Waals surface area contributed by atoms with Crippen LogP contribution >= 0.6 is 11.6 Å². The number of nitrogens with two attached hydrogens (primary N) is 1. The van der Waals surface area contributed by atoms with Gasteiger partial charge in [0.05, 0.1) is 16.3 Å². The van der Waals surface area contributed by atoms with Crippen molar-refractivity contribution in [1.29, 1.82) is 0 Å². The number of alkyl halides is 3. The maximum absolute atomic E-state index is 14.0. The number of nitrogens with zero attached hydrogens (tertiary/aromatic N) is 4. The van der Waals surface area contributed by atoms with E-state index in [4.69, 9.17) is 22.1 Å². The monoisotopic (exact) mass is 704 g/mol. The van der Waals surface area contributed by atoms with Crippen molar-refractivity contribution < 1.29 is 32.3 Å². The smallest absolute Gasteiger partial charge is 0.418 e. The molecule has 4 aliphatic heterocycles. The predicted octanol–water partition coefficient (Wildman–Crippen LogP) is 4.99. The molecule has 0 saturated carbocycles. The average Bonchev–Trinajstić information content (AvgIpc) is 3.09. The number of rotatable bonds is 6. The Hall–Kier alpha value is -3.55. The lowest BCUT2D eigenvalue weighted by Gasteiger charge is -2.45. The van der Waals surface area contributed by atoms with Crippen molar-refractivity contribution in [2.75, 3.05) is 70.0 Å². The second-order valence-corrected chi connectivity index (χ2v) is 14.1. The molecule has 3 fully saturated rings. The number of anilines is 2. The Balaban J connectivity index is 1.16. The number of benzene rings is 2. The van der Waals surface area contributed by atoms with Crippen LogP contribution < -0.4 is 11.1 Å². The molecule has 1 atom stereocenters. The second-order valence-electron chi connectivity index (χ2n) is 13.7. The maximum Gasteiger partial charge on any atom is 0.418 e. The van der Waals surface area contributed by atoms with E-state index in [0.717, 1.165) is 49.8 Å². The van der Waals surface area contributed by atoms with Crippen LogP contribution in [0.5, 0.6) is 0 Å². The van der Waals surface area contributed by atoms with Crippen LogP contribution in [0.15, 0.2) is 36.4 Å². The molecule has 14 heteroatoms. The molecule has 3 saturated heterocycles. The van der Waals surface area contributed by atoms with Crippen molar-refractivity contribution >= 4 is 40.9 Å². The first-order valence-electron chi connectivity index (χ1n) is 17.1. The zero-order valence-electron chi connectivity index (χ0n) is 27.7. The van der Waals surface area contributed by atoms with Crippen molar-refractivity contribution in [1.82, 2.24) is 19.6 Å². The van der Waals surface area contributed by atoms with Gasteiger partial charge in [-0.2, -0.15) is 13.2 Å². The molecule has 49 heavy (non-hydrogen) atoms. The molecule has 2 aromatic carbocycles. The predicted molar refractivity (Wildman–Crippen MR) is 180 cm³/mol. The Bertz CT molecular complexity index is 1550. The summed E-state index contributed by atoms with van der Waals surface area (Å²) in [4.78, 5) is 48.2. The van der Waals surface area contributed by atoms with Crippen LogP contribution in [0, 0.1) is 0 Å². The minimum Gasteiger partial charge on any atom is -0.436 e. The fourth-order valence-electron chi connectivity index (χ4n) is 7.94. The lowest BCUT2D eigenvalue weighted by molar-refractivity contribution is -0.143. The number of hydrogen-bond acceptors (Lipinski definition) is 7. The molecule has 10 nitrogen and oxygen atoms in total. The lowest BCUT2D eigenvalue weighted by Crippen LogP contribution is -2.56. The fourth-order valence-corrected chi connectivity index (χ4v) is 8.18. The van der Waals surface area contributed by atoms with E-state index < -0.39 is 40.9 Å². The second kappa shape index (κ2) is 14.4. The number of nitrogens with one attached hydrogen (secondary N) is 1. The minimum atomic E-state index is -4.76. The SMILES string of the molecule is CCN1CCC(N2CCN(C(=O)[C@@H](Cc3cc(Cl)c(N)c(C(F)(F)F)c3)OC(=O)N3CCC4(CC3)CC(=O)Nc3ccccc34)CC2)CC1. The van der Waals surface area contributed by atoms with E-state index in [9.17, 15) is 27.6 Å². The summed E-state index contributed by atoms with van der Waals surface area (Å²) >= 11 is 6.12. The van der Waals surface area contributed by atoms with Gasteiger partial charge >= 0.3 is 12.3 Å². The Morgan fingerprint density at radius 3 is 2.35 bits per heavy atom. The summed E-state index contributed by atoms with van der Waals surface area (Å²) in [7, 11) is 0. The molecule has 2 aromatic rings. The third-order valence-electron chi connectivity index (χ3n) is 10.8. The molecule has 0 unspecified atom stereocenters. The Morgan fingerprint density at radius 2 is 1.69 bits per heavy atom. The van der Waals surface area contributed by atoms with Crippen LogP contribution in [-0.4, -0.2) is 109 Å². The molecule has 0 bridgehead atoms. The topological polar surface area (TPSA) is 111 Å². The molecule has 0 aliphatic carbocycles. The van der Waals surface area contributed by atoms with Gasteiger partial charge in [-0.15, -0.1) is 0 Å². The van der Waals surface area contributed by atoms with Crippen molar-refractivity contribution in [3.05, 3.63) is 58.1 Å². The van der Waals surface area contributed by atoms with Crippen LogP contribution in [0.1, 0.15) is 55.7 Å². The first-order chi connectivity index (χ1) is 23.4. The third-order valence-corrected chi connectivity index (χ3v) is 11.1. The quantitative estimate of drug-likeness (QED) is 0.408. The van der Waals surface area contributed by atoms with E-state index >= 15 is 0 Å². The number of piperidine rings is 2. The van der Waals surface area contributed by atoms with Crippen molar-refractivity contribution in [3.63, 3.8) is 0 Å². The first-order valence-corrected chi connectivity index (χ1v) is 17.5. The molecule has 1 spiro atoms. The van der Waals surface area contributed by atoms with E-state index in [1.807, 2.05) is 24.3 Å². The van der Waals surface area contributed by atoms with E-state index in [0.29, 0.717) is 64.6 Å². The molecule has 6 rings (SSSR count). The number of hydrogen-bond donors (Lipinski definition) is 2. The minimum absolute atomic E-state index is 0.0766. The number of nitrogen functional groups attached to an aromatic ring is 1. The third kappa shape index (κ3) is 7.63. The highest BCUT2D eigenvalue weighted by atomic mass is 35.5. The zero-order valence-corrected chi connectivity index (χ0v) is 28.5. The normalized spacial score (nSPS) is 21.3. The van der Waals surface area contributed by atoms with Crippen molar-refractivity contribution in [2.24, 2.45) is 0 Å². The highest BCUT2D eigenvalue weighted by molar-refractivity contribution is 6.33. The highest BCUT2D eigenvalue weighted by Crippen LogP contribution is 2.45. The van der Waals surface area contributed by atoms with E-state index in [-0.39, 0.29) is 22.9 Å². The number of halogens is 4. The van der Waals surface area contributed by atoms with E-state index in [1.54, 1.807) is 4.90 Å². The number of piperazine rings is 1. The van der Waals surface area contributed by atoms with Crippen LogP contribution in [0.4, 0.5) is 29.3 Å². The van der Waals surface area contributed by atoms with E-state index in [2.05, 4.69) is 22.0 Å². The fraction of sp³-hybridized carbons (Fsp3) is 0.571. The van der Waals surface area contributed by atoms with Crippen LogP contribution in [0.2, 0.25) is 5.02 Å². The Labute approximate surface area is 289 Å². The van der Waals surface area contributed by atoms with Gasteiger partial charge in [-0.25, -0.2) is 4.79 Å². The molecule has 4 heterocycles. The van der Waals surface area contributed by atoms with Gasteiger partial charge in [-0.3, -0.25) is 14.5 Å². The Kier molecular flexibility index (Phi) is 10.3. The van der Waals surface area contributed by atoms with Gasteiger partial charge in [-0.1, -0.05) is 36.7 Å². The van der Waals surface area contributed by atoms with Gasteiger partial charge in [0.15, 0.2) is 6.10 Å². The summed E-state index contributed by atoms with van der Waals surface area (Å²) in [5.74, 6) is -0.533. The van der Waals surface area contributed by atoms with Gasteiger partial charge in [0.2, 0.25) is 5.91 Å². The number of amides is 3. The molecule has 4 aliphatic rings. The summed E-state index contributed by atoms with van der Waals surface area (Å²) < 4.78 is 47.3. The number of carbonyl (C=O) groups is 3. The number of para-hydroxylation sites is 1. The molecule has 3 amide bonds. The summed E-state index contributed by atoms with van der Waals surface area (Å²) in [5, 5.41) is 2.64. The molecule has 0 aromatic heterocycles. The number of ether oxygens (including phenoxy) is 1. The van der Waals surface area contributed by atoms with Crippen molar-refractivity contribution in [3.8, 4) is 0 Å². The summed E-state index contributed by atoms with van der Waals surface area (Å²) in [6.45, 7) is 8.04. The molecular formula is C35H44ClF3N6O4. The largest absolute Gasteiger partial charge is 0.436 e. The van der Waals surface area contributed by atoms with Gasteiger partial charge < -0.3 is 30.5 Å². The highest BCUT2D eigenvalue weighted by Gasteiger charge is 2.44. The van der Waals surface area contributed by atoms with Crippen molar-refractivity contribution in [2.45, 2.75) is 69.2 Å². The number of likely N-dealkylation sites (tertiary alicyclic amines) is 2. The van der Waals surface area contributed by atoms with E-state index in [1.165, 1.54) is 11.0 Å². The average molecular weight is 705 g/mol. The lowest BCUT2D eigenvalue weighted by atomic mass is 9.68. The summed E-state index contributed by atoms with van der Waals surface area (Å²) in [5.41, 5.74) is 5.42. The van der Waals surface area contributed by atoms with Crippen LogP contribution in [0.3, 0.4) is 0 Å². The van der Waals surface area contributed by atoms with Gasteiger partial charge in [0.25, 0.3) is 5.91 Å². The van der Waals surface area contributed by atoms with Gasteiger partial charge in [-0.05, 0) is 74.6 Å². The zero-order chi connectivity index (χ0) is 34.9. The van der Waals surface area contributed by atoms with Crippen LogP contribution in [-0.2, 0) is 32.3 Å². The van der Waals surface area contributed by atoms with Gasteiger partial charge in [0.1, 0.15) is 0 Å². The standard InChI is InChI=1S/C35H44ClF3N6O4/c1-2-42-11-7-24(8-12-42)43-15-17-44(18-16-43)32(47)29(21-23-19-26(35(37,38)39)31(40)27(36)20-23)49-33(48)45-13-9-34(10-14-45)22-30(46)41-28-6-4-3-5-25(28)34/h3-6,19-20,24,29H,2,7-18,21-22,40H2,1H3,(H,41,46)/t29-/m1/s1. The maximum atomic E-state index is 14.0. The molecule has 0 radical (unpaired) electrons. The molecule has 266 valence electrons. The first kappa shape index (κ1) is 35.3. The summed E-state index contributed by atoms with van der Waals surface area (Å²) in [6, 6.07) is 10.3. The van der Waals surface area contributed by atoms with Gasteiger partial charge in [0, 0.05) is 69.3 Å². The van der Waals surface area contributed by atoms with Crippen LogP contribution in [0.25, 0.3) is 0 Å². The Morgan fingerprint density at radius 1 is 1.02 bits per heavy atom. The number of carbonyl (C=O) groups excluding carboxylic acids is 3.